The average molecular weight is 376 g/mol. The first-order valence-corrected chi connectivity index (χ1v) is 10.2. The standard InChI is InChI=1S/C17H20N4O4S/c22-26(23,14-1-2-16-17(7-14)25-11-24-16)20-5-3-13(4-6-20)21-15-10-18-8-12(15)9-19-21/h1-2,7,9,13,18H,3-6,8,10-11H2. The molecule has 0 unspecified atom stereocenters. The van der Waals surface area contributed by atoms with Crippen LogP contribution in [0.2, 0.25) is 0 Å². The highest BCUT2D eigenvalue weighted by Crippen LogP contribution is 2.36. The van der Waals surface area contributed by atoms with Gasteiger partial charge in [-0.25, -0.2) is 8.42 Å². The van der Waals surface area contributed by atoms with Gasteiger partial charge in [0.15, 0.2) is 11.5 Å². The molecule has 1 N–H and O–H groups in total. The number of fused-ring (bicyclic) bond motifs is 2. The van der Waals surface area contributed by atoms with Crippen LogP contribution in [0.3, 0.4) is 0 Å². The van der Waals surface area contributed by atoms with Gasteiger partial charge in [0.25, 0.3) is 0 Å². The summed E-state index contributed by atoms with van der Waals surface area (Å²) in [4.78, 5) is 0.254. The molecule has 8 nitrogen and oxygen atoms in total. The van der Waals surface area contributed by atoms with E-state index in [0.717, 1.165) is 25.9 Å². The molecule has 0 amide bonds. The van der Waals surface area contributed by atoms with Gasteiger partial charge in [-0.05, 0) is 25.0 Å². The number of sulfonamides is 1. The van der Waals surface area contributed by atoms with E-state index in [9.17, 15) is 8.42 Å². The summed E-state index contributed by atoms with van der Waals surface area (Å²) in [6.07, 6.45) is 3.45. The third kappa shape index (κ3) is 2.50. The smallest absolute Gasteiger partial charge is 0.243 e. The van der Waals surface area contributed by atoms with Crippen molar-refractivity contribution in [3.8, 4) is 11.5 Å². The van der Waals surface area contributed by atoms with Crippen LogP contribution in [-0.2, 0) is 23.1 Å². The van der Waals surface area contributed by atoms with Crippen molar-refractivity contribution in [2.75, 3.05) is 19.9 Å². The van der Waals surface area contributed by atoms with E-state index in [2.05, 4.69) is 15.1 Å². The fraction of sp³-hybridized carbons (Fsp3) is 0.471. The number of ether oxygens (including phenoxy) is 2. The molecule has 4 heterocycles. The molecule has 1 fully saturated rings. The van der Waals surface area contributed by atoms with Crippen LogP contribution in [0.15, 0.2) is 29.3 Å². The van der Waals surface area contributed by atoms with Gasteiger partial charge in [0.1, 0.15) is 0 Å². The summed E-state index contributed by atoms with van der Waals surface area (Å²) in [7, 11) is -3.53. The monoisotopic (exact) mass is 376 g/mol. The number of nitrogens with zero attached hydrogens (tertiary/aromatic N) is 3. The summed E-state index contributed by atoms with van der Waals surface area (Å²) >= 11 is 0. The third-order valence-corrected chi connectivity index (χ3v) is 7.24. The third-order valence-electron chi connectivity index (χ3n) is 5.34. The van der Waals surface area contributed by atoms with Crippen LogP contribution in [0.4, 0.5) is 0 Å². The van der Waals surface area contributed by atoms with Gasteiger partial charge in [-0.3, -0.25) is 4.68 Å². The van der Waals surface area contributed by atoms with Gasteiger partial charge in [-0.1, -0.05) is 0 Å². The first kappa shape index (κ1) is 16.1. The van der Waals surface area contributed by atoms with Crippen molar-refractivity contribution in [1.82, 2.24) is 19.4 Å². The molecular weight excluding hydrogens is 356 g/mol. The predicted molar refractivity (Wildman–Crippen MR) is 92.4 cm³/mol. The maximum absolute atomic E-state index is 13.0. The van der Waals surface area contributed by atoms with Crippen molar-refractivity contribution in [2.24, 2.45) is 0 Å². The van der Waals surface area contributed by atoms with Gasteiger partial charge in [-0.15, -0.1) is 0 Å². The molecule has 0 bridgehead atoms. The number of benzene rings is 1. The molecule has 0 saturated carbocycles. The van der Waals surface area contributed by atoms with E-state index in [1.807, 2.05) is 6.20 Å². The first-order chi connectivity index (χ1) is 12.6. The second-order valence-corrected chi connectivity index (χ2v) is 8.75. The molecule has 1 aromatic heterocycles. The molecule has 138 valence electrons. The highest BCUT2D eigenvalue weighted by molar-refractivity contribution is 7.89. The summed E-state index contributed by atoms with van der Waals surface area (Å²) in [6, 6.07) is 5.04. The Kier molecular flexibility index (Phi) is 3.70. The zero-order valence-corrected chi connectivity index (χ0v) is 15.0. The van der Waals surface area contributed by atoms with Crippen molar-refractivity contribution >= 4 is 10.0 Å². The molecule has 26 heavy (non-hydrogen) atoms. The molecule has 1 aromatic carbocycles. The van der Waals surface area contributed by atoms with E-state index in [-0.39, 0.29) is 17.7 Å². The summed E-state index contributed by atoms with van der Waals surface area (Å²) in [5.74, 6) is 1.07. The minimum atomic E-state index is -3.53. The highest BCUT2D eigenvalue weighted by atomic mass is 32.2. The maximum Gasteiger partial charge on any atom is 0.243 e. The number of nitrogens with one attached hydrogen (secondary N) is 1. The molecular formula is C17H20N4O4S. The predicted octanol–water partition coefficient (Wildman–Crippen LogP) is 1.24. The number of hydrogen-bond acceptors (Lipinski definition) is 6. The van der Waals surface area contributed by atoms with Crippen LogP contribution < -0.4 is 14.8 Å². The van der Waals surface area contributed by atoms with E-state index in [0.29, 0.717) is 24.6 Å². The Morgan fingerprint density at radius 3 is 2.77 bits per heavy atom. The lowest BCUT2D eigenvalue weighted by atomic mass is 10.1. The SMILES string of the molecule is O=S(=O)(c1ccc2c(c1)OCO2)N1CCC(n2ncc3c2CNC3)CC1. The lowest BCUT2D eigenvalue weighted by Crippen LogP contribution is -2.39. The zero-order valence-electron chi connectivity index (χ0n) is 14.2. The van der Waals surface area contributed by atoms with Crippen LogP contribution in [-0.4, -0.2) is 42.4 Å². The lowest BCUT2D eigenvalue weighted by molar-refractivity contribution is 0.174. The zero-order chi connectivity index (χ0) is 17.7. The molecule has 0 radical (unpaired) electrons. The molecule has 3 aliphatic rings. The Bertz CT molecular complexity index is 948. The van der Waals surface area contributed by atoms with Crippen LogP contribution in [0, 0.1) is 0 Å². The first-order valence-electron chi connectivity index (χ1n) is 8.79. The van der Waals surface area contributed by atoms with Crippen molar-refractivity contribution in [1.29, 1.82) is 0 Å². The van der Waals surface area contributed by atoms with Crippen LogP contribution in [0.1, 0.15) is 30.1 Å². The van der Waals surface area contributed by atoms with Crippen LogP contribution in [0.25, 0.3) is 0 Å². The van der Waals surface area contributed by atoms with Gasteiger partial charge in [0.2, 0.25) is 16.8 Å². The van der Waals surface area contributed by atoms with Crippen molar-refractivity contribution < 1.29 is 17.9 Å². The summed E-state index contributed by atoms with van der Waals surface area (Å²) in [6.45, 7) is 2.82. The van der Waals surface area contributed by atoms with Gasteiger partial charge < -0.3 is 14.8 Å². The molecule has 1 saturated heterocycles. The second-order valence-electron chi connectivity index (χ2n) is 6.81. The van der Waals surface area contributed by atoms with E-state index in [1.165, 1.54) is 11.3 Å². The van der Waals surface area contributed by atoms with Gasteiger partial charge in [-0.2, -0.15) is 9.40 Å². The molecule has 9 heteroatoms. The summed E-state index contributed by atoms with van der Waals surface area (Å²) in [5.41, 5.74) is 2.49. The minimum Gasteiger partial charge on any atom is -0.454 e. The van der Waals surface area contributed by atoms with E-state index in [4.69, 9.17) is 9.47 Å². The van der Waals surface area contributed by atoms with E-state index in [1.54, 1.807) is 22.5 Å². The Hall–Kier alpha value is -2.10. The van der Waals surface area contributed by atoms with Gasteiger partial charge in [0.05, 0.1) is 22.8 Å². The van der Waals surface area contributed by atoms with Crippen LogP contribution in [0.5, 0.6) is 11.5 Å². The summed E-state index contributed by atoms with van der Waals surface area (Å²) < 4.78 is 40.1. The Morgan fingerprint density at radius 1 is 1.12 bits per heavy atom. The fourth-order valence-corrected chi connectivity index (χ4v) is 5.39. The Balaban J connectivity index is 1.33. The second kappa shape index (κ2) is 5.97. The maximum atomic E-state index is 13.0. The lowest BCUT2D eigenvalue weighted by Gasteiger charge is -2.32. The number of piperidine rings is 1. The van der Waals surface area contributed by atoms with Crippen molar-refractivity contribution in [3.05, 3.63) is 35.7 Å². The molecule has 5 rings (SSSR count). The molecule has 0 aliphatic carbocycles. The Labute approximate surface area is 151 Å². The quantitative estimate of drug-likeness (QED) is 0.868. The van der Waals surface area contributed by atoms with Gasteiger partial charge >= 0.3 is 0 Å². The summed E-state index contributed by atoms with van der Waals surface area (Å²) in [5, 5.41) is 7.86. The van der Waals surface area contributed by atoms with Crippen molar-refractivity contribution in [2.45, 2.75) is 36.9 Å². The minimum absolute atomic E-state index is 0.132. The van der Waals surface area contributed by atoms with E-state index < -0.39 is 10.0 Å². The number of aromatic nitrogens is 2. The molecule has 0 atom stereocenters. The van der Waals surface area contributed by atoms with Crippen LogP contribution >= 0.6 is 0 Å². The normalized spacial score (nSPS) is 20.5. The number of hydrogen-bond donors (Lipinski definition) is 1. The average Bonchev–Trinajstić information content (AvgIpc) is 3.37. The number of rotatable bonds is 3. The molecule has 2 aromatic rings. The Morgan fingerprint density at radius 2 is 1.92 bits per heavy atom. The fourth-order valence-electron chi connectivity index (χ4n) is 3.91. The molecule has 0 spiro atoms. The topological polar surface area (TPSA) is 85.7 Å². The van der Waals surface area contributed by atoms with E-state index >= 15 is 0 Å². The highest BCUT2D eigenvalue weighted by Gasteiger charge is 2.32. The largest absolute Gasteiger partial charge is 0.454 e. The van der Waals surface area contributed by atoms with Crippen molar-refractivity contribution in [3.63, 3.8) is 0 Å². The van der Waals surface area contributed by atoms with Gasteiger partial charge in [0, 0.05) is 37.8 Å². The molecule has 3 aliphatic heterocycles.